The van der Waals surface area contributed by atoms with Crippen LogP contribution in [0.25, 0.3) is 0 Å². The zero-order valence-electron chi connectivity index (χ0n) is 6.17. The van der Waals surface area contributed by atoms with Gasteiger partial charge in [0.15, 0.2) is 0 Å². The molecule has 0 aliphatic rings. The van der Waals surface area contributed by atoms with Crippen LogP contribution in [0.4, 0.5) is 0 Å². The zero-order chi connectivity index (χ0) is 8.27. The molecular formula is C7H9BrN2S. The third-order valence-corrected chi connectivity index (χ3v) is 2.49. The molecule has 60 valence electrons. The van der Waals surface area contributed by atoms with Crippen LogP contribution in [0.1, 0.15) is 5.56 Å². The summed E-state index contributed by atoms with van der Waals surface area (Å²) in [6.07, 6.45) is 3.78. The number of halogens is 1. The quantitative estimate of drug-likeness (QED) is 0.794. The van der Waals surface area contributed by atoms with Gasteiger partial charge in [-0.3, -0.25) is 0 Å². The van der Waals surface area contributed by atoms with Crippen molar-refractivity contribution in [3.63, 3.8) is 0 Å². The van der Waals surface area contributed by atoms with Crippen molar-refractivity contribution in [2.75, 3.05) is 6.26 Å². The van der Waals surface area contributed by atoms with E-state index in [4.69, 9.17) is 5.73 Å². The number of pyridine rings is 1. The van der Waals surface area contributed by atoms with Crippen molar-refractivity contribution in [2.45, 2.75) is 11.6 Å². The summed E-state index contributed by atoms with van der Waals surface area (Å²) in [6.45, 7) is 0.544. The molecule has 4 heteroatoms. The van der Waals surface area contributed by atoms with E-state index < -0.39 is 0 Å². The van der Waals surface area contributed by atoms with Crippen molar-refractivity contribution < 1.29 is 0 Å². The van der Waals surface area contributed by atoms with E-state index in [1.54, 1.807) is 18.0 Å². The summed E-state index contributed by atoms with van der Waals surface area (Å²) < 4.78 is 0.982. The standard InChI is InChI=1S/C7H9BrN2S/c1-11-7-5(3-9)2-6(8)4-10-7/h2,4H,3,9H2,1H3. The lowest BCUT2D eigenvalue weighted by molar-refractivity contribution is 0.960. The van der Waals surface area contributed by atoms with E-state index in [0.717, 1.165) is 15.1 Å². The third-order valence-electron chi connectivity index (χ3n) is 1.31. The molecule has 11 heavy (non-hydrogen) atoms. The van der Waals surface area contributed by atoms with Gasteiger partial charge in [0, 0.05) is 17.2 Å². The summed E-state index contributed by atoms with van der Waals surface area (Å²) in [6, 6.07) is 2.00. The summed E-state index contributed by atoms with van der Waals surface area (Å²) in [4.78, 5) is 4.20. The van der Waals surface area contributed by atoms with Crippen molar-refractivity contribution in [3.8, 4) is 0 Å². The molecule has 0 aliphatic carbocycles. The van der Waals surface area contributed by atoms with Crippen molar-refractivity contribution >= 4 is 27.7 Å². The normalized spacial score (nSPS) is 10.1. The van der Waals surface area contributed by atoms with Crippen molar-refractivity contribution in [1.29, 1.82) is 0 Å². The van der Waals surface area contributed by atoms with Gasteiger partial charge in [-0.05, 0) is 33.8 Å². The minimum Gasteiger partial charge on any atom is -0.326 e. The monoisotopic (exact) mass is 232 g/mol. The second kappa shape index (κ2) is 4.09. The minimum atomic E-state index is 0.544. The molecule has 0 aromatic carbocycles. The highest BCUT2D eigenvalue weighted by atomic mass is 79.9. The van der Waals surface area contributed by atoms with Crippen LogP contribution in [-0.2, 0) is 6.54 Å². The second-order valence-electron chi connectivity index (χ2n) is 2.03. The van der Waals surface area contributed by atoms with E-state index in [1.165, 1.54) is 0 Å². The SMILES string of the molecule is CSc1ncc(Br)cc1CN. The van der Waals surface area contributed by atoms with Gasteiger partial charge in [0.2, 0.25) is 0 Å². The van der Waals surface area contributed by atoms with E-state index in [0.29, 0.717) is 6.54 Å². The lowest BCUT2D eigenvalue weighted by atomic mass is 10.3. The Morgan fingerprint density at radius 3 is 3.00 bits per heavy atom. The van der Waals surface area contributed by atoms with Gasteiger partial charge in [-0.2, -0.15) is 0 Å². The molecule has 1 rings (SSSR count). The predicted octanol–water partition coefficient (Wildman–Crippen LogP) is 2.02. The topological polar surface area (TPSA) is 38.9 Å². The maximum atomic E-state index is 5.52. The fourth-order valence-corrected chi connectivity index (χ4v) is 1.74. The molecule has 0 unspecified atom stereocenters. The molecule has 2 N–H and O–H groups in total. The van der Waals surface area contributed by atoms with Crippen LogP contribution in [0.3, 0.4) is 0 Å². The summed E-state index contributed by atoms with van der Waals surface area (Å²) >= 11 is 4.96. The fraction of sp³-hybridized carbons (Fsp3) is 0.286. The van der Waals surface area contributed by atoms with Crippen molar-refractivity contribution in [1.82, 2.24) is 4.98 Å². The van der Waals surface area contributed by atoms with Crippen LogP contribution in [0.2, 0.25) is 0 Å². The Morgan fingerprint density at radius 1 is 1.73 bits per heavy atom. The number of nitrogens with zero attached hydrogens (tertiary/aromatic N) is 1. The van der Waals surface area contributed by atoms with Crippen LogP contribution in [0.15, 0.2) is 21.8 Å². The third kappa shape index (κ3) is 2.18. The Morgan fingerprint density at radius 2 is 2.45 bits per heavy atom. The summed E-state index contributed by atoms with van der Waals surface area (Å²) in [7, 11) is 0. The molecule has 1 heterocycles. The molecular weight excluding hydrogens is 224 g/mol. The molecule has 0 spiro atoms. The van der Waals surface area contributed by atoms with Crippen LogP contribution in [0, 0.1) is 0 Å². The molecule has 0 amide bonds. The lowest BCUT2D eigenvalue weighted by Crippen LogP contribution is -1.99. The molecule has 0 bridgehead atoms. The highest BCUT2D eigenvalue weighted by molar-refractivity contribution is 9.10. The van der Waals surface area contributed by atoms with Gasteiger partial charge in [-0.25, -0.2) is 4.98 Å². The number of aromatic nitrogens is 1. The highest BCUT2D eigenvalue weighted by Gasteiger charge is 2.00. The first kappa shape index (κ1) is 9.03. The zero-order valence-corrected chi connectivity index (χ0v) is 8.58. The molecule has 0 aliphatic heterocycles. The Hall–Kier alpha value is -0.0600. The summed E-state index contributed by atoms with van der Waals surface area (Å²) in [5, 5.41) is 1.01. The molecule has 2 nitrogen and oxygen atoms in total. The molecule has 1 aromatic rings. The minimum absolute atomic E-state index is 0.544. The number of rotatable bonds is 2. The first-order chi connectivity index (χ1) is 5.27. The maximum absolute atomic E-state index is 5.52. The van der Waals surface area contributed by atoms with E-state index >= 15 is 0 Å². The Balaban J connectivity index is 3.06. The predicted molar refractivity (Wildman–Crippen MR) is 51.6 cm³/mol. The number of nitrogens with two attached hydrogens (primary N) is 1. The number of hydrogen-bond acceptors (Lipinski definition) is 3. The average Bonchev–Trinajstić information content (AvgIpc) is 2.04. The van der Waals surface area contributed by atoms with Crippen LogP contribution < -0.4 is 5.73 Å². The largest absolute Gasteiger partial charge is 0.326 e. The Bertz CT molecular complexity index is 252. The molecule has 0 saturated heterocycles. The summed E-state index contributed by atoms with van der Waals surface area (Å²) in [5.41, 5.74) is 6.61. The van der Waals surface area contributed by atoms with Gasteiger partial charge in [0.25, 0.3) is 0 Å². The van der Waals surface area contributed by atoms with Crippen molar-refractivity contribution in [3.05, 3.63) is 22.3 Å². The van der Waals surface area contributed by atoms with Gasteiger partial charge < -0.3 is 5.73 Å². The van der Waals surface area contributed by atoms with Crippen molar-refractivity contribution in [2.24, 2.45) is 5.73 Å². The van der Waals surface area contributed by atoms with Gasteiger partial charge >= 0.3 is 0 Å². The summed E-state index contributed by atoms with van der Waals surface area (Å²) in [5.74, 6) is 0. The smallest absolute Gasteiger partial charge is 0.100 e. The molecule has 0 fully saturated rings. The van der Waals surface area contributed by atoms with Gasteiger partial charge in [0.05, 0.1) is 0 Å². The molecule has 1 aromatic heterocycles. The van der Waals surface area contributed by atoms with Crippen LogP contribution >= 0.6 is 27.7 Å². The van der Waals surface area contributed by atoms with Gasteiger partial charge in [0.1, 0.15) is 5.03 Å². The average molecular weight is 233 g/mol. The second-order valence-corrected chi connectivity index (χ2v) is 3.74. The lowest BCUT2D eigenvalue weighted by Gasteiger charge is -2.02. The molecule has 0 radical (unpaired) electrons. The highest BCUT2D eigenvalue weighted by Crippen LogP contribution is 2.20. The number of hydrogen-bond donors (Lipinski definition) is 1. The van der Waals surface area contributed by atoms with Crippen LogP contribution in [0.5, 0.6) is 0 Å². The van der Waals surface area contributed by atoms with E-state index in [9.17, 15) is 0 Å². The van der Waals surface area contributed by atoms with Crippen LogP contribution in [-0.4, -0.2) is 11.2 Å². The Labute approximate surface area is 78.7 Å². The van der Waals surface area contributed by atoms with Gasteiger partial charge in [-0.15, -0.1) is 11.8 Å². The number of thioether (sulfide) groups is 1. The van der Waals surface area contributed by atoms with E-state index in [1.807, 2.05) is 12.3 Å². The van der Waals surface area contributed by atoms with E-state index in [-0.39, 0.29) is 0 Å². The van der Waals surface area contributed by atoms with Gasteiger partial charge in [-0.1, -0.05) is 0 Å². The maximum Gasteiger partial charge on any atom is 0.100 e. The first-order valence-corrected chi connectivity index (χ1v) is 5.18. The fourth-order valence-electron chi connectivity index (χ4n) is 0.799. The molecule has 0 atom stereocenters. The Kier molecular flexibility index (Phi) is 3.36. The molecule has 0 saturated carbocycles. The van der Waals surface area contributed by atoms with E-state index in [2.05, 4.69) is 20.9 Å². The first-order valence-electron chi connectivity index (χ1n) is 3.16.